The number of methoxy groups -OCH3 is 1. The molecule has 0 aromatic carbocycles. The largest absolute Gasteiger partial charge is 0.382 e. The predicted octanol–water partition coefficient (Wildman–Crippen LogP) is 2.47. The van der Waals surface area contributed by atoms with Crippen molar-refractivity contribution in [2.75, 3.05) is 13.7 Å². The SMILES string of the molecule is COCC(C)(C)n1cncc1C1CCCC(C)N1. The van der Waals surface area contributed by atoms with Gasteiger partial charge < -0.3 is 14.6 Å². The fourth-order valence-electron chi connectivity index (χ4n) is 2.86. The van der Waals surface area contributed by atoms with Crippen LogP contribution in [-0.2, 0) is 10.3 Å². The van der Waals surface area contributed by atoms with Gasteiger partial charge in [-0.1, -0.05) is 0 Å². The van der Waals surface area contributed by atoms with Crippen molar-refractivity contribution in [2.45, 2.75) is 57.7 Å². The minimum absolute atomic E-state index is 0.0526. The van der Waals surface area contributed by atoms with Crippen molar-refractivity contribution >= 4 is 0 Å². The number of hydrogen-bond donors (Lipinski definition) is 1. The lowest BCUT2D eigenvalue weighted by atomic mass is 9.96. The Morgan fingerprint density at radius 3 is 2.94 bits per heavy atom. The summed E-state index contributed by atoms with van der Waals surface area (Å²) in [5, 5.41) is 3.67. The minimum atomic E-state index is -0.0526. The van der Waals surface area contributed by atoms with Crippen molar-refractivity contribution in [1.29, 1.82) is 0 Å². The Kier molecular flexibility index (Phi) is 4.07. The van der Waals surface area contributed by atoms with E-state index in [0.717, 1.165) is 0 Å². The molecule has 1 saturated heterocycles. The normalized spacial score (nSPS) is 25.3. The van der Waals surface area contributed by atoms with Crippen LogP contribution >= 0.6 is 0 Å². The first kappa shape index (κ1) is 13.6. The van der Waals surface area contributed by atoms with Gasteiger partial charge in [-0.2, -0.15) is 0 Å². The lowest BCUT2D eigenvalue weighted by Gasteiger charge is -2.34. The van der Waals surface area contributed by atoms with Crippen LogP contribution < -0.4 is 5.32 Å². The second-order valence-corrected chi connectivity index (χ2v) is 5.99. The molecule has 2 heterocycles. The summed E-state index contributed by atoms with van der Waals surface area (Å²) in [6, 6.07) is 1.02. The van der Waals surface area contributed by atoms with Gasteiger partial charge >= 0.3 is 0 Å². The van der Waals surface area contributed by atoms with E-state index < -0.39 is 0 Å². The Labute approximate surface area is 110 Å². The summed E-state index contributed by atoms with van der Waals surface area (Å²) in [4.78, 5) is 4.34. The molecule has 1 aromatic heterocycles. The Bertz CT molecular complexity index is 386. The Morgan fingerprint density at radius 1 is 1.50 bits per heavy atom. The number of ether oxygens (including phenoxy) is 1. The van der Waals surface area contributed by atoms with Crippen molar-refractivity contribution in [3.63, 3.8) is 0 Å². The third-order valence-corrected chi connectivity index (χ3v) is 3.79. The maximum atomic E-state index is 5.32. The van der Waals surface area contributed by atoms with Gasteiger partial charge in [-0.3, -0.25) is 0 Å². The fourth-order valence-corrected chi connectivity index (χ4v) is 2.86. The molecule has 0 amide bonds. The van der Waals surface area contributed by atoms with E-state index in [9.17, 15) is 0 Å². The molecule has 1 aliphatic rings. The van der Waals surface area contributed by atoms with E-state index in [-0.39, 0.29) is 5.54 Å². The van der Waals surface area contributed by atoms with Gasteiger partial charge in [-0.15, -0.1) is 0 Å². The van der Waals surface area contributed by atoms with E-state index in [2.05, 4.69) is 35.6 Å². The number of hydrogen-bond acceptors (Lipinski definition) is 3. The zero-order chi connectivity index (χ0) is 13.2. The number of nitrogens with one attached hydrogen (secondary N) is 1. The van der Waals surface area contributed by atoms with Gasteiger partial charge in [0.05, 0.1) is 24.2 Å². The number of rotatable bonds is 4. The third-order valence-electron chi connectivity index (χ3n) is 3.79. The second kappa shape index (κ2) is 5.41. The fraction of sp³-hybridized carbons (Fsp3) is 0.786. The summed E-state index contributed by atoms with van der Waals surface area (Å²) in [5.74, 6) is 0. The molecule has 2 atom stereocenters. The zero-order valence-electron chi connectivity index (χ0n) is 11.9. The topological polar surface area (TPSA) is 39.1 Å². The first-order chi connectivity index (χ1) is 8.54. The van der Waals surface area contributed by atoms with Crippen LogP contribution in [0.25, 0.3) is 0 Å². The van der Waals surface area contributed by atoms with E-state index in [0.29, 0.717) is 18.7 Å². The third kappa shape index (κ3) is 2.75. The van der Waals surface area contributed by atoms with Crippen LogP contribution in [0.2, 0.25) is 0 Å². The summed E-state index contributed by atoms with van der Waals surface area (Å²) in [7, 11) is 1.75. The van der Waals surface area contributed by atoms with E-state index in [4.69, 9.17) is 4.74 Å². The first-order valence-electron chi connectivity index (χ1n) is 6.82. The molecule has 0 radical (unpaired) electrons. The van der Waals surface area contributed by atoms with Crippen molar-refractivity contribution < 1.29 is 4.74 Å². The average Bonchev–Trinajstić information content (AvgIpc) is 2.78. The highest BCUT2D eigenvalue weighted by Gasteiger charge is 2.28. The maximum Gasteiger partial charge on any atom is 0.0954 e. The average molecular weight is 251 g/mol. The molecular formula is C14H25N3O. The number of nitrogens with zero attached hydrogens (tertiary/aromatic N) is 2. The zero-order valence-corrected chi connectivity index (χ0v) is 11.9. The van der Waals surface area contributed by atoms with E-state index in [1.165, 1.54) is 25.0 Å². The molecule has 1 N–H and O–H groups in total. The molecule has 4 heteroatoms. The van der Waals surface area contributed by atoms with Crippen LogP contribution in [0.15, 0.2) is 12.5 Å². The molecule has 2 rings (SSSR count). The van der Waals surface area contributed by atoms with Gasteiger partial charge in [-0.05, 0) is 40.0 Å². The van der Waals surface area contributed by atoms with Crippen LogP contribution in [0.5, 0.6) is 0 Å². The molecule has 1 fully saturated rings. The summed E-state index contributed by atoms with van der Waals surface area (Å²) in [6.45, 7) is 7.33. The highest BCUT2D eigenvalue weighted by Crippen LogP contribution is 2.28. The predicted molar refractivity (Wildman–Crippen MR) is 72.6 cm³/mol. The quantitative estimate of drug-likeness (QED) is 0.893. The van der Waals surface area contributed by atoms with Crippen LogP contribution in [0.1, 0.15) is 51.8 Å². The van der Waals surface area contributed by atoms with Crippen molar-refractivity contribution in [1.82, 2.24) is 14.9 Å². The van der Waals surface area contributed by atoms with Crippen LogP contribution in [-0.4, -0.2) is 29.3 Å². The molecule has 102 valence electrons. The minimum Gasteiger partial charge on any atom is -0.382 e. The summed E-state index contributed by atoms with van der Waals surface area (Å²) in [5.41, 5.74) is 1.23. The summed E-state index contributed by atoms with van der Waals surface area (Å²) >= 11 is 0. The Hall–Kier alpha value is -0.870. The molecule has 2 unspecified atom stereocenters. The van der Waals surface area contributed by atoms with Gasteiger partial charge in [-0.25, -0.2) is 4.98 Å². The van der Waals surface area contributed by atoms with E-state index >= 15 is 0 Å². The lowest BCUT2D eigenvalue weighted by Crippen LogP contribution is -2.39. The van der Waals surface area contributed by atoms with Gasteiger partial charge in [0, 0.05) is 25.4 Å². The maximum absolute atomic E-state index is 5.32. The van der Waals surface area contributed by atoms with Gasteiger partial charge in [0.1, 0.15) is 0 Å². The van der Waals surface area contributed by atoms with Crippen LogP contribution in [0, 0.1) is 0 Å². The molecule has 18 heavy (non-hydrogen) atoms. The highest BCUT2D eigenvalue weighted by atomic mass is 16.5. The molecule has 0 bridgehead atoms. The Morgan fingerprint density at radius 2 is 2.28 bits per heavy atom. The monoisotopic (exact) mass is 251 g/mol. The van der Waals surface area contributed by atoms with Crippen molar-refractivity contribution in [3.05, 3.63) is 18.2 Å². The van der Waals surface area contributed by atoms with E-state index in [1.807, 2.05) is 12.5 Å². The van der Waals surface area contributed by atoms with E-state index in [1.54, 1.807) is 7.11 Å². The molecule has 0 spiro atoms. The molecule has 0 saturated carbocycles. The molecular weight excluding hydrogens is 226 g/mol. The molecule has 1 aliphatic heterocycles. The first-order valence-corrected chi connectivity index (χ1v) is 6.82. The lowest BCUT2D eigenvalue weighted by molar-refractivity contribution is 0.106. The molecule has 0 aliphatic carbocycles. The van der Waals surface area contributed by atoms with Crippen molar-refractivity contribution in [3.8, 4) is 0 Å². The molecule has 1 aromatic rings. The summed E-state index contributed by atoms with van der Waals surface area (Å²) in [6.07, 6.45) is 7.67. The number of piperidine rings is 1. The Balaban J connectivity index is 2.21. The van der Waals surface area contributed by atoms with Gasteiger partial charge in [0.25, 0.3) is 0 Å². The number of imidazole rings is 1. The van der Waals surface area contributed by atoms with Crippen molar-refractivity contribution in [2.24, 2.45) is 0 Å². The highest BCUT2D eigenvalue weighted by molar-refractivity contribution is 5.10. The molecule has 4 nitrogen and oxygen atoms in total. The smallest absolute Gasteiger partial charge is 0.0954 e. The second-order valence-electron chi connectivity index (χ2n) is 5.99. The van der Waals surface area contributed by atoms with Crippen LogP contribution in [0.4, 0.5) is 0 Å². The summed E-state index contributed by atoms with van der Waals surface area (Å²) < 4.78 is 7.58. The number of aromatic nitrogens is 2. The standard InChI is InChI=1S/C14H25N3O/c1-11-6-5-7-12(16-11)13-8-15-10-17(13)14(2,3)9-18-4/h8,10-12,16H,5-7,9H2,1-4H3. The van der Waals surface area contributed by atoms with Crippen LogP contribution in [0.3, 0.4) is 0 Å². The van der Waals surface area contributed by atoms with Gasteiger partial charge in [0.15, 0.2) is 0 Å². The van der Waals surface area contributed by atoms with Gasteiger partial charge in [0.2, 0.25) is 0 Å².